The van der Waals surface area contributed by atoms with Crippen molar-refractivity contribution in [1.82, 2.24) is 4.98 Å². The zero-order chi connectivity index (χ0) is 24.8. The Hall–Kier alpha value is -3.90. The maximum absolute atomic E-state index is 12.5. The summed E-state index contributed by atoms with van der Waals surface area (Å²) in [7, 11) is 1.60. The Balaban J connectivity index is 1.39. The summed E-state index contributed by atoms with van der Waals surface area (Å²) in [5.41, 5.74) is 7.40. The predicted octanol–water partition coefficient (Wildman–Crippen LogP) is 6.97. The molecule has 1 heterocycles. The molecule has 4 rings (SSSR count). The number of carbonyl (C=O) groups is 1. The first-order valence-corrected chi connectivity index (χ1v) is 12.2. The predicted molar refractivity (Wildman–Crippen MR) is 143 cm³/mol. The molecule has 0 aliphatic rings. The lowest BCUT2D eigenvalue weighted by molar-refractivity contribution is -0.111. The summed E-state index contributed by atoms with van der Waals surface area (Å²) in [5.74, 6) is 1.02. The molecule has 0 bridgehead atoms. The van der Waals surface area contributed by atoms with Gasteiger partial charge in [0, 0.05) is 17.0 Å². The SMILES string of the molecule is COc1cc(C=CC(=O)Nc2nc(-c3cc(C)ccc3C)cs2)ccc1OCc1ccccc1C. The zero-order valence-electron chi connectivity index (χ0n) is 20.3. The molecule has 0 fully saturated rings. The number of benzene rings is 3. The summed E-state index contributed by atoms with van der Waals surface area (Å²) in [6.45, 7) is 6.63. The molecule has 1 amide bonds. The van der Waals surface area contributed by atoms with Gasteiger partial charge < -0.3 is 9.47 Å². The minimum atomic E-state index is -0.245. The number of ether oxygens (including phenoxy) is 2. The molecule has 5 nitrogen and oxygen atoms in total. The van der Waals surface area contributed by atoms with Gasteiger partial charge >= 0.3 is 0 Å². The number of carbonyl (C=O) groups excluding carboxylic acids is 1. The molecule has 178 valence electrons. The molecule has 0 aliphatic heterocycles. The van der Waals surface area contributed by atoms with Gasteiger partial charge in [-0.15, -0.1) is 11.3 Å². The van der Waals surface area contributed by atoms with Gasteiger partial charge in [0.05, 0.1) is 12.8 Å². The second-order valence-corrected chi connectivity index (χ2v) is 9.16. The van der Waals surface area contributed by atoms with Crippen molar-refractivity contribution in [2.75, 3.05) is 12.4 Å². The van der Waals surface area contributed by atoms with E-state index in [9.17, 15) is 4.79 Å². The fourth-order valence-corrected chi connectivity index (χ4v) is 4.33. The molecule has 6 heteroatoms. The van der Waals surface area contributed by atoms with E-state index in [1.165, 1.54) is 28.5 Å². The van der Waals surface area contributed by atoms with E-state index in [2.05, 4.69) is 55.3 Å². The number of nitrogens with zero attached hydrogens (tertiary/aromatic N) is 1. The summed E-state index contributed by atoms with van der Waals surface area (Å²) in [6.07, 6.45) is 3.23. The number of aromatic nitrogens is 1. The monoisotopic (exact) mass is 484 g/mol. The van der Waals surface area contributed by atoms with E-state index in [-0.39, 0.29) is 5.91 Å². The Morgan fingerprint density at radius 3 is 2.63 bits per heavy atom. The molecule has 35 heavy (non-hydrogen) atoms. The van der Waals surface area contributed by atoms with Crippen LogP contribution in [0, 0.1) is 20.8 Å². The van der Waals surface area contributed by atoms with Crippen LogP contribution in [0.15, 0.2) is 72.1 Å². The third-order valence-electron chi connectivity index (χ3n) is 5.66. The van der Waals surface area contributed by atoms with Gasteiger partial charge in [-0.05, 0) is 67.3 Å². The number of amides is 1. The Bertz CT molecular complexity index is 1370. The van der Waals surface area contributed by atoms with E-state index in [4.69, 9.17) is 9.47 Å². The quantitative estimate of drug-likeness (QED) is 0.274. The number of hydrogen-bond acceptors (Lipinski definition) is 5. The fraction of sp³-hybridized carbons (Fsp3) is 0.172. The number of thiazole rings is 1. The molecule has 0 spiro atoms. The summed E-state index contributed by atoms with van der Waals surface area (Å²) in [6, 6.07) is 20.0. The molecule has 3 aromatic carbocycles. The maximum Gasteiger partial charge on any atom is 0.250 e. The lowest BCUT2D eigenvalue weighted by atomic mass is 10.0. The van der Waals surface area contributed by atoms with Crippen molar-refractivity contribution in [2.45, 2.75) is 27.4 Å². The largest absolute Gasteiger partial charge is 0.493 e. The smallest absolute Gasteiger partial charge is 0.250 e. The first-order chi connectivity index (χ1) is 16.9. The third kappa shape index (κ3) is 6.16. The van der Waals surface area contributed by atoms with Gasteiger partial charge in [0.25, 0.3) is 0 Å². The van der Waals surface area contributed by atoms with Crippen LogP contribution in [0.1, 0.15) is 27.8 Å². The van der Waals surface area contributed by atoms with Gasteiger partial charge in [0.1, 0.15) is 6.61 Å². The Labute approximate surface area is 210 Å². The van der Waals surface area contributed by atoms with E-state index in [0.29, 0.717) is 23.2 Å². The number of rotatable bonds is 8. The highest BCUT2D eigenvalue weighted by atomic mass is 32.1. The van der Waals surface area contributed by atoms with Crippen LogP contribution < -0.4 is 14.8 Å². The first-order valence-electron chi connectivity index (χ1n) is 11.3. The number of nitrogens with one attached hydrogen (secondary N) is 1. The summed E-state index contributed by atoms with van der Waals surface area (Å²) in [4.78, 5) is 17.1. The number of aryl methyl sites for hydroxylation is 3. The standard InChI is InChI=1S/C29H28N2O3S/c1-19-9-10-21(3)24(15-19)25-18-35-29(30-25)31-28(32)14-12-22-11-13-26(27(16-22)33-4)34-17-23-8-6-5-7-20(23)2/h5-16,18H,17H2,1-4H3,(H,30,31,32). The van der Waals surface area contributed by atoms with Crippen LogP contribution >= 0.6 is 11.3 Å². The fourth-order valence-electron chi connectivity index (χ4n) is 3.62. The molecule has 0 radical (unpaired) electrons. The van der Waals surface area contributed by atoms with Crippen LogP contribution in [0.25, 0.3) is 17.3 Å². The summed E-state index contributed by atoms with van der Waals surface area (Å²) >= 11 is 1.41. The summed E-state index contributed by atoms with van der Waals surface area (Å²) in [5, 5.41) is 5.37. The zero-order valence-corrected chi connectivity index (χ0v) is 21.1. The Kier molecular flexibility index (Phi) is 7.63. The molecule has 4 aromatic rings. The second-order valence-electron chi connectivity index (χ2n) is 8.30. The van der Waals surface area contributed by atoms with Crippen molar-refractivity contribution in [3.63, 3.8) is 0 Å². The van der Waals surface area contributed by atoms with Gasteiger partial charge in [-0.3, -0.25) is 10.1 Å². The first kappa shape index (κ1) is 24.2. The summed E-state index contributed by atoms with van der Waals surface area (Å²) < 4.78 is 11.5. The van der Waals surface area contributed by atoms with Crippen LogP contribution in [0.3, 0.4) is 0 Å². The third-order valence-corrected chi connectivity index (χ3v) is 6.42. The van der Waals surface area contributed by atoms with E-state index in [1.54, 1.807) is 13.2 Å². The highest BCUT2D eigenvalue weighted by molar-refractivity contribution is 7.14. The molecule has 1 aromatic heterocycles. The molecule has 0 atom stereocenters. The minimum Gasteiger partial charge on any atom is -0.493 e. The molecule has 0 saturated carbocycles. The van der Waals surface area contributed by atoms with Crippen molar-refractivity contribution in [3.05, 3.63) is 99.9 Å². The lowest BCUT2D eigenvalue weighted by Gasteiger charge is -2.12. The van der Waals surface area contributed by atoms with Crippen molar-refractivity contribution in [1.29, 1.82) is 0 Å². The van der Waals surface area contributed by atoms with E-state index >= 15 is 0 Å². The second kappa shape index (κ2) is 11.0. The maximum atomic E-state index is 12.5. The van der Waals surface area contributed by atoms with Crippen molar-refractivity contribution >= 4 is 28.5 Å². The molecular weight excluding hydrogens is 456 g/mol. The molecule has 1 N–H and O–H groups in total. The average Bonchev–Trinajstić information content (AvgIpc) is 3.32. The molecule has 0 saturated heterocycles. The molecule has 0 unspecified atom stereocenters. The van der Waals surface area contributed by atoms with E-state index in [1.807, 2.05) is 41.8 Å². The normalized spacial score (nSPS) is 11.0. The van der Waals surface area contributed by atoms with Crippen LogP contribution in [0.4, 0.5) is 5.13 Å². The van der Waals surface area contributed by atoms with Gasteiger partial charge in [0.15, 0.2) is 16.6 Å². The van der Waals surface area contributed by atoms with Crippen molar-refractivity contribution in [2.24, 2.45) is 0 Å². The topological polar surface area (TPSA) is 60.5 Å². The number of hydrogen-bond donors (Lipinski definition) is 1. The van der Waals surface area contributed by atoms with Gasteiger partial charge in [0.2, 0.25) is 5.91 Å². The van der Waals surface area contributed by atoms with Crippen LogP contribution in [0.2, 0.25) is 0 Å². The highest BCUT2D eigenvalue weighted by Crippen LogP contribution is 2.30. The van der Waals surface area contributed by atoms with Crippen molar-refractivity contribution in [3.8, 4) is 22.8 Å². The lowest BCUT2D eigenvalue weighted by Crippen LogP contribution is -2.07. The number of anilines is 1. The Morgan fingerprint density at radius 2 is 1.83 bits per heavy atom. The average molecular weight is 485 g/mol. The highest BCUT2D eigenvalue weighted by Gasteiger charge is 2.10. The van der Waals surface area contributed by atoms with Crippen LogP contribution in [-0.2, 0) is 11.4 Å². The van der Waals surface area contributed by atoms with E-state index < -0.39 is 0 Å². The van der Waals surface area contributed by atoms with Crippen molar-refractivity contribution < 1.29 is 14.3 Å². The van der Waals surface area contributed by atoms with Gasteiger partial charge in [-0.2, -0.15) is 0 Å². The minimum absolute atomic E-state index is 0.245. The van der Waals surface area contributed by atoms with E-state index in [0.717, 1.165) is 27.9 Å². The Morgan fingerprint density at radius 1 is 1.00 bits per heavy atom. The van der Waals surface area contributed by atoms with Gasteiger partial charge in [-0.1, -0.05) is 48.0 Å². The van der Waals surface area contributed by atoms with Crippen LogP contribution in [0.5, 0.6) is 11.5 Å². The molecular formula is C29H28N2O3S. The van der Waals surface area contributed by atoms with Gasteiger partial charge in [-0.25, -0.2) is 4.98 Å². The number of methoxy groups -OCH3 is 1. The molecule has 0 aliphatic carbocycles. The van der Waals surface area contributed by atoms with Crippen LogP contribution in [-0.4, -0.2) is 18.0 Å².